The van der Waals surface area contributed by atoms with Crippen molar-refractivity contribution in [3.05, 3.63) is 29.8 Å². The first kappa shape index (κ1) is 15.3. The maximum absolute atomic E-state index is 6.38. The summed E-state index contributed by atoms with van der Waals surface area (Å²) in [7, 11) is 0. The predicted octanol–water partition coefficient (Wildman–Crippen LogP) is 2.20. The molecule has 0 aromatic heterocycles. The van der Waals surface area contributed by atoms with Crippen molar-refractivity contribution in [2.24, 2.45) is 5.73 Å². The van der Waals surface area contributed by atoms with Crippen LogP contribution in [-0.2, 0) is 4.74 Å². The average Bonchev–Trinajstić information content (AvgIpc) is 2.38. The molecule has 112 valence electrons. The molecule has 0 amide bonds. The third-order valence-corrected chi connectivity index (χ3v) is 3.58. The van der Waals surface area contributed by atoms with Gasteiger partial charge in [-0.25, -0.2) is 0 Å². The smallest absolute Gasteiger partial charge is 0.124 e. The van der Waals surface area contributed by atoms with Crippen LogP contribution in [0.3, 0.4) is 0 Å². The molecule has 0 radical (unpaired) electrons. The molecular formula is C16H26N2O2. The van der Waals surface area contributed by atoms with Gasteiger partial charge in [0.05, 0.1) is 18.8 Å². The second-order valence-corrected chi connectivity index (χ2v) is 5.92. The lowest BCUT2D eigenvalue weighted by atomic mass is 10.0. The fraction of sp³-hybridized carbons (Fsp3) is 0.625. The van der Waals surface area contributed by atoms with Crippen LogP contribution in [0.5, 0.6) is 5.75 Å². The summed E-state index contributed by atoms with van der Waals surface area (Å²) in [5.74, 6) is 0.898. The van der Waals surface area contributed by atoms with Gasteiger partial charge in [-0.3, -0.25) is 4.90 Å². The Morgan fingerprint density at radius 1 is 1.40 bits per heavy atom. The van der Waals surface area contributed by atoms with Crippen LogP contribution in [0, 0.1) is 0 Å². The highest BCUT2D eigenvalue weighted by Crippen LogP contribution is 2.25. The molecule has 2 rings (SSSR count). The molecule has 1 fully saturated rings. The fourth-order valence-corrected chi connectivity index (χ4v) is 2.72. The second kappa shape index (κ2) is 6.57. The van der Waals surface area contributed by atoms with Gasteiger partial charge in [0.25, 0.3) is 0 Å². The van der Waals surface area contributed by atoms with Crippen molar-refractivity contribution in [2.75, 3.05) is 32.8 Å². The van der Waals surface area contributed by atoms with Gasteiger partial charge in [-0.1, -0.05) is 18.2 Å². The summed E-state index contributed by atoms with van der Waals surface area (Å²) in [4.78, 5) is 2.37. The minimum absolute atomic E-state index is 0.0355. The number of nitrogens with two attached hydrogens (primary N) is 1. The van der Waals surface area contributed by atoms with Gasteiger partial charge in [0.1, 0.15) is 5.75 Å². The first-order chi connectivity index (χ1) is 9.52. The predicted molar refractivity (Wildman–Crippen MR) is 81.0 cm³/mol. The lowest BCUT2D eigenvalue weighted by molar-refractivity contribution is -0.0870. The molecule has 1 aliphatic rings. The molecule has 1 atom stereocenters. The van der Waals surface area contributed by atoms with Gasteiger partial charge in [-0.15, -0.1) is 0 Å². The zero-order valence-electron chi connectivity index (χ0n) is 12.8. The molecule has 0 aliphatic carbocycles. The second-order valence-electron chi connectivity index (χ2n) is 5.92. The number of ether oxygens (including phenoxy) is 2. The van der Waals surface area contributed by atoms with Crippen LogP contribution >= 0.6 is 0 Å². The van der Waals surface area contributed by atoms with Crippen LogP contribution in [-0.4, -0.2) is 43.3 Å². The van der Waals surface area contributed by atoms with Crippen LogP contribution in [0.4, 0.5) is 0 Å². The van der Waals surface area contributed by atoms with Crippen molar-refractivity contribution in [2.45, 2.75) is 32.4 Å². The zero-order chi connectivity index (χ0) is 14.6. The van der Waals surface area contributed by atoms with Gasteiger partial charge in [0.2, 0.25) is 0 Å². The third kappa shape index (κ3) is 3.95. The Morgan fingerprint density at radius 3 is 2.85 bits per heavy atom. The van der Waals surface area contributed by atoms with Gasteiger partial charge in [-0.05, 0) is 26.8 Å². The third-order valence-electron chi connectivity index (χ3n) is 3.58. The molecule has 0 spiro atoms. The Labute approximate surface area is 121 Å². The summed E-state index contributed by atoms with van der Waals surface area (Å²) in [6, 6.07) is 8.01. The van der Waals surface area contributed by atoms with E-state index in [4.69, 9.17) is 15.2 Å². The monoisotopic (exact) mass is 278 g/mol. The number of benzene rings is 1. The van der Waals surface area contributed by atoms with Crippen molar-refractivity contribution in [3.63, 3.8) is 0 Å². The van der Waals surface area contributed by atoms with Crippen molar-refractivity contribution >= 4 is 0 Å². The Balaban J connectivity index is 2.02. The number of rotatable bonds is 5. The van der Waals surface area contributed by atoms with E-state index >= 15 is 0 Å². The molecule has 0 saturated carbocycles. The summed E-state index contributed by atoms with van der Waals surface area (Å²) in [6.07, 6.45) is 0. The largest absolute Gasteiger partial charge is 0.494 e. The highest BCUT2D eigenvalue weighted by molar-refractivity contribution is 5.36. The molecule has 1 aromatic rings. The van der Waals surface area contributed by atoms with Crippen LogP contribution in [0.1, 0.15) is 32.4 Å². The Hall–Kier alpha value is -1.10. The molecule has 0 bridgehead atoms. The Morgan fingerprint density at radius 2 is 2.15 bits per heavy atom. The van der Waals surface area contributed by atoms with Gasteiger partial charge in [0, 0.05) is 31.2 Å². The minimum atomic E-state index is -0.0859. The molecule has 1 aliphatic heterocycles. The molecular weight excluding hydrogens is 252 g/mol. The molecule has 20 heavy (non-hydrogen) atoms. The van der Waals surface area contributed by atoms with Gasteiger partial charge in [0.15, 0.2) is 0 Å². The summed E-state index contributed by atoms with van der Waals surface area (Å²) >= 11 is 0. The number of hydrogen-bond acceptors (Lipinski definition) is 4. The molecule has 2 N–H and O–H groups in total. The van der Waals surface area contributed by atoms with E-state index in [1.165, 1.54) is 0 Å². The fourth-order valence-electron chi connectivity index (χ4n) is 2.72. The Kier molecular flexibility index (Phi) is 5.02. The highest BCUT2D eigenvalue weighted by atomic mass is 16.5. The molecule has 1 heterocycles. The number of morpholine rings is 1. The molecule has 1 aromatic carbocycles. The normalized spacial score (nSPS) is 20.6. The van der Waals surface area contributed by atoms with E-state index in [-0.39, 0.29) is 11.6 Å². The van der Waals surface area contributed by atoms with Crippen molar-refractivity contribution in [3.8, 4) is 5.75 Å². The minimum Gasteiger partial charge on any atom is -0.494 e. The van der Waals surface area contributed by atoms with Crippen LogP contribution in [0.2, 0.25) is 0 Å². The number of para-hydroxylation sites is 1. The van der Waals surface area contributed by atoms with Crippen LogP contribution < -0.4 is 10.5 Å². The van der Waals surface area contributed by atoms with Gasteiger partial charge >= 0.3 is 0 Å². The van der Waals surface area contributed by atoms with E-state index in [9.17, 15) is 0 Å². The van der Waals surface area contributed by atoms with Gasteiger partial charge in [-0.2, -0.15) is 0 Å². The molecule has 1 saturated heterocycles. The zero-order valence-corrected chi connectivity index (χ0v) is 12.8. The first-order valence-electron chi connectivity index (χ1n) is 7.35. The van der Waals surface area contributed by atoms with E-state index < -0.39 is 0 Å². The quantitative estimate of drug-likeness (QED) is 0.897. The number of nitrogens with zero attached hydrogens (tertiary/aromatic N) is 1. The summed E-state index contributed by atoms with van der Waals surface area (Å²) < 4.78 is 11.4. The molecule has 4 nitrogen and oxygen atoms in total. The summed E-state index contributed by atoms with van der Waals surface area (Å²) in [6.45, 7) is 10.4. The standard InChI is InChI=1S/C16H26N2O2/c1-4-19-15-8-6-5-7-13(15)14(17)11-18-9-10-20-16(2,3)12-18/h5-8,14H,4,9-12,17H2,1-3H3. The number of hydrogen-bond donors (Lipinski definition) is 1. The maximum Gasteiger partial charge on any atom is 0.124 e. The molecule has 1 unspecified atom stereocenters. The van der Waals surface area contributed by atoms with Gasteiger partial charge < -0.3 is 15.2 Å². The highest BCUT2D eigenvalue weighted by Gasteiger charge is 2.28. The van der Waals surface area contributed by atoms with Crippen LogP contribution in [0.15, 0.2) is 24.3 Å². The van der Waals surface area contributed by atoms with E-state index in [2.05, 4.69) is 24.8 Å². The SMILES string of the molecule is CCOc1ccccc1C(N)CN1CCOC(C)(C)C1. The van der Waals surface area contributed by atoms with Crippen LogP contribution in [0.25, 0.3) is 0 Å². The summed E-state index contributed by atoms with van der Waals surface area (Å²) in [5.41, 5.74) is 7.38. The van der Waals surface area contributed by atoms with E-state index in [0.717, 1.165) is 37.6 Å². The Bertz CT molecular complexity index is 434. The van der Waals surface area contributed by atoms with Crippen molar-refractivity contribution in [1.82, 2.24) is 4.90 Å². The van der Waals surface area contributed by atoms with E-state index in [1.54, 1.807) is 0 Å². The molecule has 4 heteroatoms. The van der Waals surface area contributed by atoms with Crippen molar-refractivity contribution < 1.29 is 9.47 Å². The summed E-state index contributed by atoms with van der Waals surface area (Å²) in [5, 5.41) is 0. The maximum atomic E-state index is 6.38. The van der Waals surface area contributed by atoms with Crippen molar-refractivity contribution in [1.29, 1.82) is 0 Å². The lowest BCUT2D eigenvalue weighted by Gasteiger charge is -2.39. The van der Waals surface area contributed by atoms with E-state index in [0.29, 0.717) is 6.61 Å². The topological polar surface area (TPSA) is 47.7 Å². The van der Waals surface area contributed by atoms with E-state index in [1.807, 2.05) is 25.1 Å². The lowest BCUT2D eigenvalue weighted by Crippen LogP contribution is -2.50. The average molecular weight is 278 g/mol. The first-order valence-corrected chi connectivity index (χ1v) is 7.35.